The maximum atomic E-state index is 11.8. The summed E-state index contributed by atoms with van der Waals surface area (Å²) >= 11 is 6.13. The van der Waals surface area contributed by atoms with E-state index in [0.29, 0.717) is 12.6 Å². The van der Waals surface area contributed by atoms with Crippen LogP contribution in [-0.2, 0) is 10.2 Å². The number of hydrogen-bond acceptors (Lipinski definition) is 2. The van der Waals surface area contributed by atoms with Crippen LogP contribution in [0.3, 0.4) is 0 Å². The molecule has 1 heterocycles. The van der Waals surface area contributed by atoms with Crippen molar-refractivity contribution in [1.82, 2.24) is 4.90 Å². The van der Waals surface area contributed by atoms with Crippen molar-refractivity contribution in [2.45, 2.75) is 57.0 Å². The van der Waals surface area contributed by atoms with E-state index in [0.717, 1.165) is 30.7 Å². The van der Waals surface area contributed by atoms with Crippen molar-refractivity contribution in [3.05, 3.63) is 34.9 Å². The summed E-state index contributed by atoms with van der Waals surface area (Å²) in [4.78, 5) is 13.8. The van der Waals surface area contributed by atoms with Crippen LogP contribution >= 0.6 is 11.6 Å². The van der Waals surface area contributed by atoms with Crippen LogP contribution in [0.2, 0.25) is 5.02 Å². The normalized spacial score (nSPS) is 33.1. The van der Waals surface area contributed by atoms with E-state index in [-0.39, 0.29) is 17.6 Å². The standard InChI is InChI=1S/C17H22ClNO2/c1-12-11-21-16(20)19(12)15-6-8-17(2,9-7-15)13-4-3-5-14(18)10-13/h3-5,10,12,15H,6-9,11H2,1-2H3/t12-,15?,17?/m0/s1. The van der Waals surface area contributed by atoms with Crippen molar-refractivity contribution >= 4 is 17.7 Å². The van der Waals surface area contributed by atoms with Crippen LogP contribution in [0.1, 0.15) is 45.1 Å². The summed E-state index contributed by atoms with van der Waals surface area (Å²) in [5, 5.41) is 0.799. The second kappa shape index (κ2) is 5.53. The molecule has 0 radical (unpaired) electrons. The van der Waals surface area contributed by atoms with Gasteiger partial charge in [0, 0.05) is 11.1 Å². The van der Waals surface area contributed by atoms with Gasteiger partial charge in [0.25, 0.3) is 0 Å². The van der Waals surface area contributed by atoms with Crippen LogP contribution < -0.4 is 0 Å². The fourth-order valence-corrected chi connectivity index (χ4v) is 3.90. The number of nitrogens with zero attached hydrogens (tertiary/aromatic N) is 1. The Bertz CT molecular complexity index is 537. The molecule has 3 nitrogen and oxygen atoms in total. The first kappa shape index (κ1) is 14.7. The van der Waals surface area contributed by atoms with Gasteiger partial charge in [-0.3, -0.25) is 4.90 Å². The summed E-state index contributed by atoms with van der Waals surface area (Å²) in [5.74, 6) is 0. The summed E-state index contributed by atoms with van der Waals surface area (Å²) in [6, 6.07) is 8.71. The SMILES string of the molecule is C[C@H]1COC(=O)N1C1CCC(C)(c2cccc(Cl)c2)CC1. The molecule has 21 heavy (non-hydrogen) atoms. The number of halogens is 1. The highest BCUT2D eigenvalue weighted by atomic mass is 35.5. The molecule has 2 fully saturated rings. The van der Waals surface area contributed by atoms with Crippen LogP contribution in [0.5, 0.6) is 0 Å². The molecule has 0 aromatic heterocycles. The van der Waals surface area contributed by atoms with Gasteiger partial charge in [-0.25, -0.2) is 4.79 Å². The average molecular weight is 308 g/mol. The molecule has 0 unspecified atom stereocenters. The molecule has 0 N–H and O–H groups in total. The highest BCUT2D eigenvalue weighted by Crippen LogP contribution is 2.41. The van der Waals surface area contributed by atoms with Gasteiger partial charge in [0.1, 0.15) is 6.61 Å². The van der Waals surface area contributed by atoms with Gasteiger partial charge in [0.2, 0.25) is 0 Å². The molecule has 2 aliphatic rings. The minimum atomic E-state index is -0.140. The van der Waals surface area contributed by atoms with Crippen molar-refractivity contribution in [3.63, 3.8) is 0 Å². The molecule has 1 aliphatic heterocycles. The average Bonchev–Trinajstić information content (AvgIpc) is 2.80. The summed E-state index contributed by atoms with van der Waals surface area (Å²) in [7, 11) is 0. The van der Waals surface area contributed by atoms with E-state index >= 15 is 0 Å². The van der Waals surface area contributed by atoms with Gasteiger partial charge in [-0.1, -0.05) is 30.7 Å². The molecule has 1 amide bonds. The summed E-state index contributed by atoms with van der Waals surface area (Å²) in [5.41, 5.74) is 1.47. The van der Waals surface area contributed by atoms with E-state index in [1.807, 2.05) is 17.0 Å². The smallest absolute Gasteiger partial charge is 0.410 e. The van der Waals surface area contributed by atoms with Gasteiger partial charge >= 0.3 is 6.09 Å². The van der Waals surface area contributed by atoms with Crippen LogP contribution in [-0.4, -0.2) is 29.7 Å². The summed E-state index contributed by atoms with van der Waals surface area (Å²) in [6.07, 6.45) is 4.08. The second-order valence-corrected chi connectivity index (χ2v) is 7.07. The monoisotopic (exact) mass is 307 g/mol. The zero-order valence-electron chi connectivity index (χ0n) is 12.6. The topological polar surface area (TPSA) is 29.5 Å². The Kier molecular flexibility index (Phi) is 3.87. The van der Waals surface area contributed by atoms with E-state index in [9.17, 15) is 4.79 Å². The Morgan fingerprint density at radius 2 is 2.05 bits per heavy atom. The molecule has 1 aliphatic carbocycles. The highest BCUT2D eigenvalue weighted by molar-refractivity contribution is 6.30. The predicted octanol–water partition coefficient (Wildman–Crippen LogP) is 4.38. The first-order chi connectivity index (χ1) is 9.99. The Morgan fingerprint density at radius 3 is 2.62 bits per heavy atom. The lowest BCUT2D eigenvalue weighted by Gasteiger charge is -2.41. The number of carbonyl (C=O) groups is 1. The molecular formula is C17H22ClNO2. The third-order valence-electron chi connectivity index (χ3n) is 5.11. The first-order valence-corrected chi connectivity index (χ1v) is 8.08. The molecule has 1 aromatic rings. The Morgan fingerprint density at radius 1 is 1.33 bits per heavy atom. The van der Waals surface area contributed by atoms with Crippen molar-refractivity contribution in [2.24, 2.45) is 0 Å². The van der Waals surface area contributed by atoms with Gasteiger partial charge < -0.3 is 4.74 Å². The van der Waals surface area contributed by atoms with Crippen LogP contribution in [0.4, 0.5) is 4.79 Å². The molecule has 1 aromatic carbocycles. The number of hydrogen-bond donors (Lipinski definition) is 0. The Labute approximate surface area is 131 Å². The molecule has 1 saturated carbocycles. The maximum absolute atomic E-state index is 11.8. The van der Waals surface area contributed by atoms with Crippen LogP contribution in [0.25, 0.3) is 0 Å². The Hall–Kier alpha value is -1.22. The largest absolute Gasteiger partial charge is 0.447 e. The molecule has 114 valence electrons. The lowest BCUT2D eigenvalue weighted by Crippen LogP contribution is -2.45. The minimum Gasteiger partial charge on any atom is -0.447 e. The van der Waals surface area contributed by atoms with E-state index in [2.05, 4.69) is 26.0 Å². The van der Waals surface area contributed by atoms with Crippen molar-refractivity contribution in [3.8, 4) is 0 Å². The summed E-state index contributed by atoms with van der Waals surface area (Å²) in [6.45, 7) is 4.90. The van der Waals surface area contributed by atoms with E-state index in [1.54, 1.807) is 0 Å². The van der Waals surface area contributed by atoms with E-state index < -0.39 is 0 Å². The van der Waals surface area contributed by atoms with Gasteiger partial charge in [-0.15, -0.1) is 0 Å². The highest BCUT2D eigenvalue weighted by Gasteiger charge is 2.40. The van der Waals surface area contributed by atoms with Crippen molar-refractivity contribution in [1.29, 1.82) is 0 Å². The molecule has 4 heteroatoms. The van der Waals surface area contributed by atoms with Gasteiger partial charge in [-0.2, -0.15) is 0 Å². The van der Waals surface area contributed by atoms with E-state index in [1.165, 1.54) is 5.56 Å². The zero-order valence-corrected chi connectivity index (χ0v) is 13.4. The van der Waals surface area contributed by atoms with Crippen LogP contribution in [0, 0.1) is 0 Å². The molecular weight excluding hydrogens is 286 g/mol. The van der Waals surface area contributed by atoms with Crippen LogP contribution in [0.15, 0.2) is 24.3 Å². The van der Waals surface area contributed by atoms with Crippen molar-refractivity contribution < 1.29 is 9.53 Å². The maximum Gasteiger partial charge on any atom is 0.410 e. The quantitative estimate of drug-likeness (QED) is 0.811. The fourth-order valence-electron chi connectivity index (χ4n) is 3.71. The molecule has 1 atom stereocenters. The number of ether oxygens (including phenoxy) is 1. The fraction of sp³-hybridized carbons (Fsp3) is 0.588. The first-order valence-electron chi connectivity index (χ1n) is 7.71. The van der Waals surface area contributed by atoms with E-state index in [4.69, 9.17) is 16.3 Å². The van der Waals surface area contributed by atoms with Gasteiger partial charge in [-0.05, 0) is 55.7 Å². The number of cyclic esters (lactones) is 1. The predicted molar refractivity (Wildman–Crippen MR) is 83.7 cm³/mol. The number of rotatable bonds is 2. The van der Waals surface area contributed by atoms with Crippen molar-refractivity contribution in [2.75, 3.05) is 6.61 Å². The third kappa shape index (κ3) is 2.76. The lowest BCUT2D eigenvalue weighted by molar-refractivity contribution is 0.121. The third-order valence-corrected chi connectivity index (χ3v) is 5.34. The van der Waals surface area contributed by atoms with Gasteiger partial charge in [0.15, 0.2) is 0 Å². The minimum absolute atomic E-state index is 0.140. The Balaban J connectivity index is 1.71. The number of carbonyl (C=O) groups excluding carboxylic acids is 1. The lowest BCUT2D eigenvalue weighted by atomic mass is 9.69. The number of amides is 1. The second-order valence-electron chi connectivity index (χ2n) is 6.64. The molecule has 3 rings (SSSR count). The molecule has 1 saturated heterocycles. The number of benzene rings is 1. The zero-order chi connectivity index (χ0) is 15.0. The molecule has 0 spiro atoms. The molecule has 0 bridgehead atoms. The van der Waals surface area contributed by atoms with Gasteiger partial charge in [0.05, 0.1) is 6.04 Å². The summed E-state index contributed by atoms with van der Waals surface area (Å²) < 4.78 is 5.15.